The number of hydrogen-bond acceptors (Lipinski definition) is 4. The Kier molecular flexibility index (Phi) is 3.81. The van der Waals surface area contributed by atoms with E-state index in [0.717, 1.165) is 10.0 Å². The molecular formula is C11H10BrClN4. The van der Waals surface area contributed by atoms with Crippen LogP contribution in [0.2, 0.25) is 5.02 Å². The van der Waals surface area contributed by atoms with E-state index >= 15 is 0 Å². The van der Waals surface area contributed by atoms with Gasteiger partial charge in [-0.05, 0) is 17.7 Å². The minimum absolute atomic E-state index is 0.278. The van der Waals surface area contributed by atoms with E-state index < -0.39 is 0 Å². The van der Waals surface area contributed by atoms with E-state index in [-0.39, 0.29) is 5.82 Å². The lowest BCUT2D eigenvalue weighted by Gasteiger charge is -2.08. The maximum Gasteiger partial charge on any atom is 0.150 e. The van der Waals surface area contributed by atoms with Gasteiger partial charge in [0.05, 0.1) is 0 Å². The highest BCUT2D eigenvalue weighted by Gasteiger charge is 2.05. The second kappa shape index (κ2) is 5.33. The molecule has 0 bridgehead atoms. The molecule has 1 heterocycles. The fourth-order valence-electron chi connectivity index (χ4n) is 1.29. The summed E-state index contributed by atoms with van der Waals surface area (Å²) < 4.78 is 1.05. The van der Waals surface area contributed by atoms with E-state index in [4.69, 9.17) is 17.3 Å². The number of hydrogen-bond donors (Lipinski definition) is 2. The molecule has 3 N–H and O–H groups in total. The van der Waals surface area contributed by atoms with E-state index in [2.05, 4.69) is 31.2 Å². The lowest BCUT2D eigenvalue weighted by atomic mass is 10.2. The van der Waals surface area contributed by atoms with Gasteiger partial charge in [-0.25, -0.2) is 9.97 Å². The highest BCUT2D eigenvalue weighted by molar-refractivity contribution is 9.10. The van der Waals surface area contributed by atoms with Gasteiger partial charge in [-0.1, -0.05) is 39.7 Å². The summed E-state index contributed by atoms with van der Waals surface area (Å²) in [5, 5.41) is 3.46. The monoisotopic (exact) mass is 312 g/mol. The molecular weight excluding hydrogens is 304 g/mol. The highest BCUT2D eigenvalue weighted by Crippen LogP contribution is 2.23. The summed E-state index contributed by atoms with van der Waals surface area (Å²) in [6.07, 6.45) is 1.38. The van der Waals surface area contributed by atoms with Crippen molar-refractivity contribution in [3.63, 3.8) is 0 Å². The Hall–Kier alpha value is -1.33. The van der Waals surface area contributed by atoms with Crippen LogP contribution in [0, 0.1) is 0 Å². The van der Waals surface area contributed by atoms with E-state index in [9.17, 15) is 0 Å². The number of benzene rings is 1. The minimum Gasteiger partial charge on any atom is -0.382 e. The van der Waals surface area contributed by atoms with Crippen LogP contribution < -0.4 is 11.1 Å². The summed E-state index contributed by atoms with van der Waals surface area (Å²) in [6.45, 7) is 0.628. The van der Waals surface area contributed by atoms with Crippen molar-refractivity contribution in [3.05, 3.63) is 45.7 Å². The summed E-state index contributed by atoms with van der Waals surface area (Å²) >= 11 is 9.35. The number of nitrogen functional groups attached to an aromatic ring is 1. The van der Waals surface area contributed by atoms with Crippen molar-refractivity contribution >= 4 is 39.2 Å². The Balaban J connectivity index is 2.07. The number of rotatable bonds is 3. The average Bonchev–Trinajstić information content (AvgIpc) is 2.33. The predicted octanol–water partition coefficient (Wildman–Crippen LogP) is 3.09. The summed E-state index contributed by atoms with van der Waals surface area (Å²) in [5.41, 5.74) is 6.71. The molecule has 88 valence electrons. The summed E-state index contributed by atoms with van der Waals surface area (Å²) in [4.78, 5) is 7.82. The Morgan fingerprint density at radius 2 is 1.94 bits per heavy atom. The summed E-state index contributed by atoms with van der Waals surface area (Å²) in [5.74, 6) is 0.821. The van der Waals surface area contributed by atoms with Crippen LogP contribution in [0.15, 0.2) is 35.1 Å². The van der Waals surface area contributed by atoms with Crippen molar-refractivity contribution in [1.29, 1.82) is 0 Å². The molecule has 2 rings (SSSR count). The minimum atomic E-state index is 0.278. The molecule has 0 unspecified atom stereocenters. The van der Waals surface area contributed by atoms with Crippen LogP contribution in [0.3, 0.4) is 0 Å². The van der Waals surface area contributed by atoms with Gasteiger partial charge >= 0.3 is 0 Å². The first kappa shape index (κ1) is 12.1. The number of anilines is 2. The second-order valence-electron chi connectivity index (χ2n) is 3.40. The van der Waals surface area contributed by atoms with Gasteiger partial charge in [0.25, 0.3) is 0 Å². The first-order chi connectivity index (χ1) is 8.16. The Morgan fingerprint density at radius 1 is 1.24 bits per heavy atom. The zero-order valence-electron chi connectivity index (χ0n) is 8.82. The lowest BCUT2D eigenvalue weighted by molar-refractivity contribution is 1.08. The Morgan fingerprint density at radius 3 is 2.65 bits per heavy atom. The van der Waals surface area contributed by atoms with Gasteiger partial charge in [0.2, 0.25) is 0 Å². The quantitative estimate of drug-likeness (QED) is 0.914. The van der Waals surface area contributed by atoms with Crippen LogP contribution >= 0.6 is 27.5 Å². The fraction of sp³-hybridized carbons (Fsp3) is 0.0909. The van der Waals surface area contributed by atoms with Crippen LogP contribution in [-0.4, -0.2) is 9.97 Å². The molecule has 1 aromatic carbocycles. The van der Waals surface area contributed by atoms with E-state index in [1.165, 1.54) is 6.33 Å². The molecule has 0 radical (unpaired) electrons. The Bertz CT molecular complexity index is 515. The molecule has 0 aliphatic rings. The number of nitrogens with two attached hydrogens (primary N) is 1. The standard InChI is InChI=1S/C11H10BrClN4/c12-8-3-1-7(2-4-8)5-15-11-9(13)10(14)16-6-17-11/h1-4,6H,5H2,(H3,14,15,16,17). The number of nitrogens with zero attached hydrogens (tertiary/aromatic N) is 2. The topological polar surface area (TPSA) is 63.8 Å². The third-order valence-corrected chi connectivity index (χ3v) is 3.09. The van der Waals surface area contributed by atoms with E-state index in [1.807, 2.05) is 24.3 Å². The Labute approximate surface area is 112 Å². The zero-order valence-corrected chi connectivity index (χ0v) is 11.2. The molecule has 6 heteroatoms. The van der Waals surface area contributed by atoms with Gasteiger partial charge in [0.15, 0.2) is 5.82 Å². The van der Waals surface area contributed by atoms with Crippen LogP contribution in [0.25, 0.3) is 0 Å². The lowest BCUT2D eigenvalue weighted by Crippen LogP contribution is -2.04. The molecule has 0 fully saturated rings. The average molecular weight is 314 g/mol. The van der Waals surface area contributed by atoms with Crippen LogP contribution in [0.1, 0.15) is 5.56 Å². The van der Waals surface area contributed by atoms with Crippen molar-refractivity contribution in [2.45, 2.75) is 6.54 Å². The maximum absolute atomic E-state index is 5.96. The molecule has 0 amide bonds. The van der Waals surface area contributed by atoms with Crippen molar-refractivity contribution in [1.82, 2.24) is 9.97 Å². The van der Waals surface area contributed by atoms with Crippen LogP contribution in [-0.2, 0) is 6.54 Å². The van der Waals surface area contributed by atoms with Gasteiger partial charge in [0.1, 0.15) is 17.2 Å². The normalized spacial score (nSPS) is 10.2. The van der Waals surface area contributed by atoms with Gasteiger partial charge in [-0.15, -0.1) is 0 Å². The largest absolute Gasteiger partial charge is 0.382 e. The maximum atomic E-state index is 5.96. The highest BCUT2D eigenvalue weighted by atomic mass is 79.9. The number of halogens is 2. The number of nitrogens with one attached hydrogen (secondary N) is 1. The molecule has 0 atom stereocenters. The van der Waals surface area contributed by atoms with E-state index in [0.29, 0.717) is 17.4 Å². The van der Waals surface area contributed by atoms with Crippen molar-refractivity contribution in [2.75, 3.05) is 11.1 Å². The first-order valence-electron chi connectivity index (χ1n) is 4.91. The molecule has 17 heavy (non-hydrogen) atoms. The molecule has 2 aromatic rings. The predicted molar refractivity (Wildman–Crippen MR) is 72.9 cm³/mol. The van der Waals surface area contributed by atoms with E-state index in [1.54, 1.807) is 0 Å². The molecule has 0 spiro atoms. The van der Waals surface area contributed by atoms with Gasteiger partial charge in [0, 0.05) is 11.0 Å². The molecule has 4 nitrogen and oxygen atoms in total. The second-order valence-corrected chi connectivity index (χ2v) is 4.70. The van der Waals surface area contributed by atoms with Crippen molar-refractivity contribution in [3.8, 4) is 0 Å². The van der Waals surface area contributed by atoms with Crippen LogP contribution in [0.4, 0.5) is 11.6 Å². The van der Waals surface area contributed by atoms with Crippen LogP contribution in [0.5, 0.6) is 0 Å². The molecule has 1 aromatic heterocycles. The van der Waals surface area contributed by atoms with Gasteiger partial charge < -0.3 is 11.1 Å². The smallest absolute Gasteiger partial charge is 0.150 e. The number of aromatic nitrogens is 2. The van der Waals surface area contributed by atoms with Crippen molar-refractivity contribution < 1.29 is 0 Å². The summed E-state index contributed by atoms with van der Waals surface area (Å²) in [6, 6.07) is 7.98. The third-order valence-electron chi connectivity index (χ3n) is 2.19. The zero-order chi connectivity index (χ0) is 12.3. The SMILES string of the molecule is Nc1ncnc(NCc2ccc(Br)cc2)c1Cl. The molecule has 0 saturated carbocycles. The summed E-state index contributed by atoms with van der Waals surface area (Å²) in [7, 11) is 0. The fourth-order valence-corrected chi connectivity index (χ4v) is 1.72. The van der Waals surface area contributed by atoms with Gasteiger partial charge in [-0.3, -0.25) is 0 Å². The van der Waals surface area contributed by atoms with Gasteiger partial charge in [-0.2, -0.15) is 0 Å². The first-order valence-corrected chi connectivity index (χ1v) is 6.08. The molecule has 0 aliphatic heterocycles. The third kappa shape index (κ3) is 3.08. The molecule has 0 aliphatic carbocycles. The van der Waals surface area contributed by atoms with Crippen molar-refractivity contribution in [2.24, 2.45) is 0 Å². The molecule has 0 saturated heterocycles.